The Morgan fingerprint density at radius 1 is 1.00 bits per heavy atom. The molecule has 0 spiro atoms. The summed E-state index contributed by atoms with van der Waals surface area (Å²) in [7, 11) is 0. The maximum Gasteiger partial charge on any atom is 0.0205 e. The standard InChI is InChI=1S/C17H30N2.2ClH/c1-5-19(6-2)13-7-12-18-14-16-8-10-17(11-9-16)15(3)4;;/h8-11,15,18H,5-7,12-14H2,1-4H3;2*1H. The highest BCUT2D eigenvalue weighted by Gasteiger charge is 2.00. The molecule has 0 atom stereocenters. The van der Waals surface area contributed by atoms with Crippen molar-refractivity contribution < 1.29 is 0 Å². The van der Waals surface area contributed by atoms with Crippen molar-refractivity contribution in [1.29, 1.82) is 0 Å². The van der Waals surface area contributed by atoms with Crippen LogP contribution in [0.15, 0.2) is 24.3 Å². The van der Waals surface area contributed by atoms with Gasteiger partial charge in [0.2, 0.25) is 0 Å². The van der Waals surface area contributed by atoms with E-state index in [0.717, 1.165) is 26.2 Å². The molecule has 0 fully saturated rings. The van der Waals surface area contributed by atoms with Gasteiger partial charge >= 0.3 is 0 Å². The minimum Gasteiger partial charge on any atom is -0.313 e. The largest absolute Gasteiger partial charge is 0.313 e. The molecule has 0 unspecified atom stereocenters. The summed E-state index contributed by atoms with van der Waals surface area (Å²) in [5, 5.41) is 3.53. The van der Waals surface area contributed by atoms with Gasteiger partial charge in [-0.2, -0.15) is 0 Å². The first-order valence-corrected chi connectivity index (χ1v) is 7.69. The van der Waals surface area contributed by atoms with E-state index in [9.17, 15) is 0 Å². The first-order chi connectivity index (χ1) is 9.17. The third-order valence-electron chi connectivity index (χ3n) is 3.70. The van der Waals surface area contributed by atoms with Crippen molar-refractivity contribution in [1.82, 2.24) is 10.2 Å². The van der Waals surface area contributed by atoms with Gasteiger partial charge in [-0.25, -0.2) is 0 Å². The van der Waals surface area contributed by atoms with Crippen LogP contribution in [0.4, 0.5) is 0 Å². The van der Waals surface area contributed by atoms with Crippen LogP contribution in [0.25, 0.3) is 0 Å². The number of benzene rings is 1. The van der Waals surface area contributed by atoms with Crippen molar-refractivity contribution in [3.63, 3.8) is 0 Å². The monoisotopic (exact) mass is 334 g/mol. The molecule has 1 rings (SSSR count). The molecule has 0 aromatic heterocycles. The zero-order valence-electron chi connectivity index (χ0n) is 13.9. The number of hydrogen-bond donors (Lipinski definition) is 1. The molecule has 0 bridgehead atoms. The zero-order valence-corrected chi connectivity index (χ0v) is 15.5. The molecular formula is C17H32Cl2N2. The molecule has 1 N–H and O–H groups in total. The minimum absolute atomic E-state index is 0. The van der Waals surface area contributed by atoms with Gasteiger partial charge in [0.1, 0.15) is 0 Å². The lowest BCUT2D eigenvalue weighted by atomic mass is 10.0. The predicted molar refractivity (Wildman–Crippen MR) is 99.1 cm³/mol. The minimum atomic E-state index is 0. The highest BCUT2D eigenvalue weighted by Crippen LogP contribution is 2.14. The Balaban J connectivity index is 0. The molecule has 2 nitrogen and oxygen atoms in total. The molecular weight excluding hydrogens is 303 g/mol. The van der Waals surface area contributed by atoms with Gasteiger partial charge < -0.3 is 10.2 Å². The summed E-state index contributed by atoms with van der Waals surface area (Å²) in [5.74, 6) is 0.621. The second-order valence-electron chi connectivity index (χ2n) is 5.45. The Bertz CT molecular complexity index is 335. The van der Waals surface area contributed by atoms with E-state index in [4.69, 9.17) is 0 Å². The molecule has 0 saturated carbocycles. The summed E-state index contributed by atoms with van der Waals surface area (Å²) in [6, 6.07) is 8.98. The highest BCUT2D eigenvalue weighted by atomic mass is 35.5. The summed E-state index contributed by atoms with van der Waals surface area (Å²) in [4.78, 5) is 2.47. The van der Waals surface area contributed by atoms with Gasteiger partial charge in [-0.3, -0.25) is 0 Å². The summed E-state index contributed by atoms with van der Waals surface area (Å²) >= 11 is 0. The van der Waals surface area contributed by atoms with E-state index in [1.165, 1.54) is 24.1 Å². The molecule has 1 aromatic carbocycles. The van der Waals surface area contributed by atoms with Gasteiger partial charge in [-0.15, -0.1) is 24.8 Å². The van der Waals surface area contributed by atoms with Crippen molar-refractivity contribution in [2.75, 3.05) is 26.2 Å². The van der Waals surface area contributed by atoms with E-state index in [0.29, 0.717) is 5.92 Å². The van der Waals surface area contributed by atoms with Gasteiger partial charge in [0.15, 0.2) is 0 Å². The fraction of sp³-hybridized carbons (Fsp3) is 0.647. The fourth-order valence-corrected chi connectivity index (χ4v) is 2.22. The normalized spacial score (nSPS) is 10.4. The molecule has 4 heteroatoms. The van der Waals surface area contributed by atoms with E-state index >= 15 is 0 Å². The van der Waals surface area contributed by atoms with Crippen molar-refractivity contribution in [2.24, 2.45) is 0 Å². The smallest absolute Gasteiger partial charge is 0.0205 e. The Morgan fingerprint density at radius 2 is 1.57 bits per heavy atom. The lowest BCUT2D eigenvalue weighted by molar-refractivity contribution is 0.298. The third kappa shape index (κ3) is 9.36. The highest BCUT2D eigenvalue weighted by molar-refractivity contribution is 5.85. The average molecular weight is 335 g/mol. The van der Waals surface area contributed by atoms with Gasteiger partial charge in [-0.1, -0.05) is 52.0 Å². The molecule has 1 aromatic rings. The summed E-state index contributed by atoms with van der Waals surface area (Å²) in [6.45, 7) is 14.5. The number of nitrogens with zero attached hydrogens (tertiary/aromatic N) is 1. The summed E-state index contributed by atoms with van der Waals surface area (Å²) < 4.78 is 0. The fourth-order valence-electron chi connectivity index (χ4n) is 2.22. The van der Waals surface area contributed by atoms with Crippen LogP contribution >= 0.6 is 24.8 Å². The first-order valence-electron chi connectivity index (χ1n) is 7.69. The predicted octanol–water partition coefficient (Wildman–Crippen LogP) is 4.48. The molecule has 0 aliphatic rings. The van der Waals surface area contributed by atoms with E-state index in [-0.39, 0.29) is 24.8 Å². The Hall–Kier alpha value is -0.280. The lowest BCUT2D eigenvalue weighted by Crippen LogP contribution is -2.27. The number of hydrogen-bond acceptors (Lipinski definition) is 2. The number of rotatable bonds is 9. The van der Waals surface area contributed by atoms with Crippen molar-refractivity contribution in [2.45, 2.75) is 46.6 Å². The molecule has 0 aliphatic carbocycles. The van der Waals surface area contributed by atoms with Crippen LogP contribution < -0.4 is 5.32 Å². The van der Waals surface area contributed by atoms with Crippen molar-refractivity contribution in [3.05, 3.63) is 35.4 Å². The number of nitrogens with one attached hydrogen (secondary N) is 1. The molecule has 0 aliphatic heterocycles. The average Bonchev–Trinajstić information content (AvgIpc) is 2.43. The zero-order chi connectivity index (χ0) is 14.1. The van der Waals surface area contributed by atoms with Crippen LogP contribution in [0.2, 0.25) is 0 Å². The van der Waals surface area contributed by atoms with Crippen LogP contribution in [0.3, 0.4) is 0 Å². The third-order valence-corrected chi connectivity index (χ3v) is 3.70. The van der Waals surface area contributed by atoms with Crippen molar-refractivity contribution in [3.8, 4) is 0 Å². The van der Waals surface area contributed by atoms with Crippen LogP contribution in [-0.2, 0) is 6.54 Å². The Labute approximate surface area is 143 Å². The van der Waals surface area contributed by atoms with E-state index < -0.39 is 0 Å². The first kappa shape index (κ1) is 23.0. The molecule has 0 radical (unpaired) electrons. The van der Waals surface area contributed by atoms with Gasteiger partial charge in [0.25, 0.3) is 0 Å². The van der Waals surface area contributed by atoms with Crippen LogP contribution in [0.1, 0.15) is 51.2 Å². The van der Waals surface area contributed by atoms with E-state index in [2.05, 4.69) is 62.2 Å². The van der Waals surface area contributed by atoms with Gasteiger partial charge in [0.05, 0.1) is 0 Å². The molecule has 21 heavy (non-hydrogen) atoms. The molecule has 124 valence electrons. The molecule has 0 heterocycles. The number of halogens is 2. The second kappa shape index (κ2) is 13.4. The topological polar surface area (TPSA) is 15.3 Å². The summed E-state index contributed by atoms with van der Waals surface area (Å²) in [6.07, 6.45) is 1.23. The van der Waals surface area contributed by atoms with Crippen LogP contribution in [0.5, 0.6) is 0 Å². The quantitative estimate of drug-likeness (QED) is 0.670. The Kier molecular flexibility index (Phi) is 14.7. The van der Waals surface area contributed by atoms with Crippen LogP contribution in [0, 0.1) is 0 Å². The SMILES string of the molecule is CCN(CC)CCCNCc1ccc(C(C)C)cc1.Cl.Cl. The molecule has 0 saturated heterocycles. The van der Waals surface area contributed by atoms with Crippen LogP contribution in [-0.4, -0.2) is 31.1 Å². The van der Waals surface area contributed by atoms with Gasteiger partial charge in [-0.05, 0) is 49.6 Å². The maximum atomic E-state index is 3.53. The Morgan fingerprint density at radius 3 is 2.05 bits per heavy atom. The van der Waals surface area contributed by atoms with Gasteiger partial charge in [0, 0.05) is 6.54 Å². The van der Waals surface area contributed by atoms with Crippen molar-refractivity contribution >= 4 is 24.8 Å². The summed E-state index contributed by atoms with van der Waals surface area (Å²) in [5.41, 5.74) is 2.80. The second-order valence-corrected chi connectivity index (χ2v) is 5.45. The maximum absolute atomic E-state index is 3.53. The van der Waals surface area contributed by atoms with E-state index in [1.54, 1.807) is 0 Å². The lowest BCUT2D eigenvalue weighted by Gasteiger charge is -2.17. The van der Waals surface area contributed by atoms with E-state index in [1.807, 2.05) is 0 Å². The molecule has 0 amide bonds.